The van der Waals surface area contributed by atoms with Gasteiger partial charge in [-0.25, -0.2) is 0 Å². The lowest BCUT2D eigenvalue weighted by Crippen LogP contribution is -2.02. The maximum Gasteiger partial charge on any atom is 0.193 e. The molecule has 0 bridgehead atoms. The summed E-state index contributed by atoms with van der Waals surface area (Å²) in [6.07, 6.45) is 0. The van der Waals surface area contributed by atoms with Gasteiger partial charge in [0.15, 0.2) is 5.43 Å². The predicted octanol–water partition coefficient (Wildman–Crippen LogP) is 4.72. The van der Waals surface area contributed by atoms with E-state index in [1.165, 1.54) is 0 Å². The first-order chi connectivity index (χ1) is 9.19. The zero-order valence-electron chi connectivity index (χ0n) is 10.3. The lowest BCUT2D eigenvalue weighted by Gasteiger charge is -2.06. The minimum Gasteiger partial charge on any atom is -0.455 e. The van der Waals surface area contributed by atoms with Gasteiger partial charge >= 0.3 is 0 Å². The van der Waals surface area contributed by atoms with Gasteiger partial charge in [-0.05, 0) is 30.0 Å². The van der Waals surface area contributed by atoms with Crippen LogP contribution in [0.3, 0.4) is 0 Å². The summed E-state index contributed by atoms with van der Waals surface area (Å²) >= 11 is 5.04. The topological polar surface area (TPSA) is 30.2 Å². The highest BCUT2D eigenvalue weighted by atomic mass is 79.9. The molecule has 0 unspecified atom stereocenters. The summed E-state index contributed by atoms with van der Waals surface area (Å²) in [6.45, 7) is 1.98. The van der Waals surface area contributed by atoms with Gasteiger partial charge in [0.2, 0.25) is 0 Å². The Bertz CT molecular complexity index is 788. The molecule has 0 radical (unpaired) electrons. The van der Waals surface area contributed by atoms with E-state index in [1.807, 2.05) is 35.9 Å². The number of hydrogen-bond acceptors (Lipinski definition) is 3. The molecule has 0 N–H and O–H groups in total. The highest BCUT2D eigenvalue weighted by Crippen LogP contribution is 2.27. The Morgan fingerprint density at radius 3 is 2.84 bits per heavy atom. The van der Waals surface area contributed by atoms with Gasteiger partial charge in [-0.15, -0.1) is 0 Å². The van der Waals surface area contributed by atoms with E-state index >= 15 is 0 Å². The average Bonchev–Trinajstić information content (AvgIpc) is 2.92. The van der Waals surface area contributed by atoms with Crippen LogP contribution in [-0.2, 0) is 5.33 Å². The number of halogens is 1. The molecule has 0 saturated heterocycles. The van der Waals surface area contributed by atoms with Crippen LogP contribution in [0.4, 0.5) is 0 Å². The lowest BCUT2D eigenvalue weighted by molar-refractivity contribution is 0.616. The Morgan fingerprint density at radius 1 is 1.32 bits per heavy atom. The fourth-order valence-corrected chi connectivity index (χ4v) is 3.20. The molecule has 0 aliphatic rings. The second-order valence-corrected chi connectivity index (χ2v) is 5.76. The molecular weight excluding hydrogens is 324 g/mol. The standard InChI is InChI=1S/C15H11BrO2S/c1-9-4-11(7-16)15-12(5-9)13(17)6-14(18-15)10-2-3-19-8-10/h2-6,8H,7H2,1H3. The zero-order chi connectivity index (χ0) is 13.4. The first kappa shape index (κ1) is 12.6. The van der Waals surface area contributed by atoms with Gasteiger partial charge in [0, 0.05) is 27.9 Å². The van der Waals surface area contributed by atoms with Crippen molar-refractivity contribution in [2.75, 3.05) is 0 Å². The molecule has 0 spiro atoms. The Labute approximate surface area is 122 Å². The number of alkyl halides is 1. The van der Waals surface area contributed by atoms with Gasteiger partial charge in [0.25, 0.3) is 0 Å². The Kier molecular flexibility index (Phi) is 3.29. The highest BCUT2D eigenvalue weighted by molar-refractivity contribution is 9.08. The summed E-state index contributed by atoms with van der Waals surface area (Å²) < 4.78 is 5.94. The molecule has 0 atom stereocenters. The van der Waals surface area contributed by atoms with Gasteiger partial charge < -0.3 is 4.42 Å². The molecule has 0 saturated carbocycles. The number of hydrogen-bond donors (Lipinski definition) is 0. The third-order valence-corrected chi connectivity index (χ3v) is 4.29. The molecule has 96 valence electrons. The second-order valence-electron chi connectivity index (χ2n) is 4.42. The highest BCUT2D eigenvalue weighted by Gasteiger charge is 2.11. The average molecular weight is 335 g/mol. The van der Waals surface area contributed by atoms with Crippen molar-refractivity contribution in [3.8, 4) is 11.3 Å². The molecule has 0 amide bonds. The molecule has 19 heavy (non-hydrogen) atoms. The monoisotopic (exact) mass is 334 g/mol. The third kappa shape index (κ3) is 2.26. The number of rotatable bonds is 2. The molecule has 3 rings (SSSR count). The molecule has 1 aromatic carbocycles. The molecule has 2 aromatic heterocycles. The number of aryl methyl sites for hydroxylation is 1. The van der Waals surface area contributed by atoms with Crippen molar-refractivity contribution in [1.29, 1.82) is 0 Å². The molecule has 0 fully saturated rings. The van der Waals surface area contributed by atoms with Crippen LogP contribution in [0.25, 0.3) is 22.3 Å². The Hall–Kier alpha value is -1.39. The minimum atomic E-state index is 0.00773. The summed E-state index contributed by atoms with van der Waals surface area (Å²) in [6, 6.07) is 7.45. The Balaban J connectivity index is 2.37. The van der Waals surface area contributed by atoms with E-state index in [0.717, 1.165) is 16.7 Å². The number of fused-ring (bicyclic) bond motifs is 1. The van der Waals surface area contributed by atoms with Crippen molar-refractivity contribution in [3.63, 3.8) is 0 Å². The number of benzene rings is 1. The van der Waals surface area contributed by atoms with E-state index in [-0.39, 0.29) is 5.43 Å². The molecular formula is C15H11BrO2S. The second kappa shape index (κ2) is 4.94. The third-order valence-electron chi connectivity index (χ3n) is 3.00. The van der Waals surface area contributed by atoms with E-state index in [2.05, 4.69) is 15.9 Å². The molecule has 2 nitrogen and oxygen atoms in total. The normalized spacial score (nSPS) is 11.1. The van der Waals surface area contributed by atoms with Crippen LogP contribution >= 0.6 is 27.3 Å². The van der Waals surface area contributed by atoms with E-state index in [4.69, 9.17) is 4.42 Å². The molecule has 2 heterocycles. The van der Waals surface area contributed by atoms with Gasteiger partial charge in [-0.1, -0.05) is 22.0 Å². The fraction of sp³-hybridized carbons (Fsp3) is 0.133. The van der Waals surface area contributed by atoms with E-state index in [9.17, 15) is 4.79 Å². The molecule has 0 aliphatic heterocycles. The molecule has 3 aromatic rings. The SMILES string of the molecule is Cc1cc(CBr)c2oc(-c3ccsc3)cc(=O)c2c1. The van der Waals surface area contributed by atoms with E-state index < -0.39 is 0 Å². The first-order valence-corrected chi connectivity index (χ1v) is 7.91. The van der Waals surface area contributed by atoms with Crippen molar-refractivity contribution in [2.45, 2.75) is 12.3 Å². The predicted molar refractivity (Wildman–Crippen MR) is 83.2 cm³/mol. The van der Waals surface area contributed by atoms with Crippen LogP contribution in [0.1, 0.15) is 11.1 Å². The summed E-state index contributed by atoms with van der Waals surface area (Å²) in [5.74, 6) is 0.629. The Morgan fingerprint density at radius 2 is 2.16 bits per heavy atom. The van der Waals surface area contributed by atoms with Gasteiger partial charge in [0.1, 0.15) is 11.3 Å². The maximum absolute atomic E-state index is 12.2. The first-order valence-electron chi connectivity index (χ1n) is 5.85. The molecule has 0 aliphatic carbocycles. The van der Waals surface area contributed by atoms with Crippen LogP contribution in [0, 0.1) is 6.92 Å². The fourth-order valence-electron chi connectivity index (χ4n) is 2.13. The summed E-state index contributed by atoms with van der Waals surface area (Å²) in [5.41, 5.74) is 3.70. The van der Waals surface area contributed by atoms with Crippen molar-refractivity contribution in [2.24, 2.45) is 0 Å². The van der Waals surface area contributed by atoms with Crippen LogP contribution in [0.15, 0.2) is 44.2 Å². The maximum atomic E-state index is 12.2. The quantitative estimate of drug-likeness (QED) is 0.634. The van der Waals surface area contributed by atoms with Crippen molar-refractivity contribution < 1.29 is 4.42 Å². The summed E-state index contributed by atoms with van der Waals surface area (Å²) in [4.78, 5) is 12.2. The van der Waals surface area contributed by atoms with Crippen molar-refractivity contribution in [3.05, 3.63) is 56.4 Å². The van der Waals surface area contributed by atoms with Crippen LogP contribution in [0.2, 0.25) is 0 Å². The van der Waals surface area contributed by atoms with Crippen molar-refractivity contribution in [1.82, 2.24) is 0 Å². The minimum absolute atomic E-state index is 0.00773. The van der Waals surface area contributed by atoms with E-state index in [0.29, 0.717) is 22.1 Å². The number of thiophene rings is 1. The lowest BCUT2D eigenvalue weighted by atomic mass is 10.1. The van der Waals surface area contributed by atoms with Crippen LogP contribution in [0.5, 0.6) is 0 Å². The van der Waals surface area contributed by atoms with Crippen LogP contribution in [-0.4, -0.2) is 0 Å². The van der Waals surface area contributed by atoms with Gasteiger partial charge in [-0.2, -0.15) is 11.3 Å². The smallest absolute Gasteiger partial charge is 0.193 e. The summed E-state index contributed by atoms with van der Waals surface area (Å²) in [7, 11) is 0. The van der Waals surface area contributed by atoms with Crippen LogP contribution < -0.4 is 5.43 Å². The van der Waals surface area contributed by atoms with E-state index in [1.54, 1.807) is 17.4 Å². The molecule has 4 heteroatoms. The summed E-state index contributed by atoms with van der Waals surface area (Å²) in [5, 5.41) is 5.27. The van der Waals surface area contributed by atoms with Gasteiger partial charge in [-0.3, -0.25) is 4.79 Å². The zero-order valence-corrected chi connectivity index (χ0v) is 12.7. The largest absolute Gasteiger partial charge is 0.455 e. The van der Waals surface area contributed by atoms with Crippen molar-refractivity contribution >= 4 is 38.2 Å². The van der Waals surface area contributed by atoms with Gasteiger partial charge in [0.05, 0.1) is 5.39 Å².